The highest BCUT2D eigenvalue weighted by molar-refractivity contribution is 5.99. The lowest BCUT2D eigenvalue weighted by Gasteiger charge is -2.27. The molecule has 0 aliphatic heterocycles. The van der Waals surface area contributed by atoms with E-state index in [1.807, 2.05) is 0 Å². The summed E-state index contributed by atoms with van der Waals surface area (Å²) in [5, 5.41) is 36.9. The molecule has 0 aliphatic rings. The first-order valence-electron chi connectivity index (χ1n) is 21.2. The fourth-order valence-electron chi connectivity index (χ4n) is 6.33. The Hall–Kier alpha value is -5.42. The zero-order chi connectivity index (χ0) is 45.7. The molecular weight excluding hydrogens is 799 g/mol. The predicted molar refractivity (Wildman–Crippen MR) is 221 cm³/mol. The van der Waals surface area contributed by atoms with E-state index in [4.69, 9.17) is 4.74 Å². The highest BCUT2D eigenvalue weighted by Crippen LogP contribution is 2.15. The monoisotopic (exact) mass is 864 g/mol. The molecule has 0 fully saturated rings. The van der Waals surface area contributed by atoms with Crippen LogP contribution in [0.1, 0.15) is 142 Å². The average Bonchev–Trinajstić information content (AvgIpc) is 3.19. The van der Waals surface area contributed by atoms with Gasteiger partial charge in [0.25, 0.3) is 0 Å². The number of hydrogen-bond donors (Lipinski definition) is 7. The molecule has 342 valence electrons. The van der Waals surface area contributed by atoms with Crippen molar-refractivity contribution in [2.24, 2.45) is 5.92 Å². The number of unbranched alkanes of at least 4 members (excludes halogenated alkanes) is 11. The third-order valence-corrected chi connectivity index (χ3v) is 9.79. The summed E-state index contributed by atoms with van der Waals surface area (Å²) in [4.78, 5) is 113. The Morgan fingerprint density at radius 3 is 1.62 bits per heavy atom. The van der Waals surface area contributed by atoms with Crippen LogP contribution >= 0.6 is 0 Å². The number of rotatable bonds is 34. The van der Waals surface area contributed by atoms with Crippen LogP contribution in [-0.4, -0.2) is 98.9 Å². The van der Waals surface area contributed by atoms with Gasteiger partial charge in [0, 0.05) is 19.3 Å². The van der Waals surface area contributed by atoms with Gasteiger partial charge >= 0.3 is 24.0 Å². The molecule has 0 spiro atoms. The molecule has 0 aliphatic carbocycles. The van der Waals surface area contributed by atoms with Gasteiger partial charge in [0.2, 0.25) is 17.7 Å². The Bertz CT molecular complexity index is 1580. The Balaban J connectivity index is 2.90. The third-order valence-electron chi connectivity index (χ3n) is 9.79. The fourth-order valence-corrected chi connectivity index (χ4v) is 6.33. The van der Waals surface area contributed by atoms with Crippen molar-refractivity contribution in [2.75, 3.05) is 0 Å². The van der Waals surface area contributed by atoms with Gasteiger partial charge in [-0.2, -0.15) is 0 Å². The number of carboxylic acids is 3. The van der Waals surface area contributed by atoms with Gasteiger partial charge in [-0.25, -0.2) is 9.18 Å². The number of halogens is 1. The number of carbonyl (C=O) groups excluding carboxylic acids is 6. The van der Waals surface area contributed by atoms with Crippen LogP contribution in [0.2, 0.25) is 0 Å². The van der Waals surface area contributed by atoms with Crippen LogP contribution in [0.25, 0.3) is 0 Å². The minimum absolute atomic E-state index is 0.0353. The Labute approximate surface area is 356 Å². The van der Waals surface area contributed by atoms with E-state index < -0.39 is 122 Å². The lowest BCUT2D eigenvalue weighted by Crippen LogP contribution is -2.59. The Morgan fingerprint density at radius 2 is 1.10 bits per heavy atom. The molecule has 5 atom stereocenters. The second kappa shape index (κ2) is 30.6. The first kappa shape index (κ1) is 53.6. The number of Topliss-reactive ketones (excluding diaryl/α,β-unsaturated/α-hetero) is 2. The van der Waals surface area contributed by atoms with Gasteiger partial charge in [-0.15, -0.1) is 0 Å². The van der Waals surface area contributed by atoms with Crippen LogP contribution in [0.5, 0.6) is 0 Å². The highest BCUT2D eigenvalue weighted by atomic mass is 19.1. The fraction of sp³-hybridized carbons (Fsp3) is 0.651. The first-order valence-corrected chi connectivity index (χ1v) is 21.2. The summed E-state index contributed by atoms with van der Waals surface area (Å²) in [7, 11) is 0. The molecule has 1 aromatic rings. The van der Waals surface area contributed by atoms with Crippen molar-refractivity contribution in [2.45, 2.75) is 173 Å². The minimum Gasteiger partial charge on any atom is -0.481 e. The van der Waals surface area contributed by atoms with Gasteiger partial charge in [-0.05, 0) is 24.3 Å². The van der Waals surface area contributed by atoms with Gasteiger partial charge in [-0.1, -0.05) is 122 Å². The highest BCUT2D eigenvalue weighted by Gasteiger charge is 2.36. The van der Waals surface area contributed by atoms with Crippen molar-refractivity contribution in [1.82, 2.24) is 21.3 Å². The summed E-state index contributed by atoms with van der Waals surface area (Å²) in [6.07, 6.45) is 5.32. The molecule has 4 amide bonds. The van der Waals surface area contributed by atoms with E-state index in [9.17, 15) is 58.5 Å². The van der Waals surface area contributed by atoms with Crippen molar-refractivity contribution in [3.05, 3.63) is 35.9 Å². The number of alkyl halides is 1. The van der Waals surface area contributed by atoms with E-state index >= 15 is 4.39 Å². The normalized spacial score (nSPS) is 13.5. The minimum atomic E-state index is -2.42. The molecule has 61 heavy (non-hydrogen) atoms. The summed E-state index contributed by atoms with van der Waals surface area (Å²) >= 11 is 0. The summed E-state index contributed by atoms with van der Waals surface area (Å²) in [6.45, 7) is 4.88. The average molecular weight is 865 g/mol. The molecule has 0 saturated carbocycles. The zero-order valence-electron chi connectivity index (χ0n) is 35.6. The van der Waals surface area contributed by atoms with Crippen molar-refractivity contribution >= 4 is 53.3 Å². The van der Waals surface area contributed by atoms with E-state index in [2.05, 4.69) is 28.2 Å². The number of hydrogen-bond acceptors (Lipinski definition) is 10. The van der Waals surface area contributed by atoms with Crippen molar-refractivity contribution in [3.8, 4) is 0 Å². The summed E-state index contributed by atoms with van der Waals surface area (Å²) in [6, 6.07) is 1.43. The lowest BCUT2D eigenvalue weighted by atomic mass is 9.97. The number of amides is 4. The molecule has 0 heterocycles. The number of benzene rings is 1. The molecule has 0 radical (unpaired) electrons. The first-order chi connectivity index (χ1) is 28.9. The zero-order valence-corrected chi connectivity index (χ0v) is 35.6. The molecule has 0 saturated heterocycles. The largest absolute Gasteiger partial charge is 0.481 e. The number of carboxylic acid groups (broad SMARTS) is 3. The van der Waals surface area contributed by atoms with Crippen LogP contribution in [-0.2, 0) is 49.7 Å². The quantitative estimate of drug-likeness (QED) is 0.0442. The molecule has 1 unspecified atom stereocenters. The Morgan fingerprint density at radius 1 is 0.590 bits per heavy atom. The molecular formula is C43H65FN4O13. The summed E-state index contributed by atoms with van der Waals surface area (Å²) in [5.41, 5.74) is 0.588. The van der Waals surface area contributed by atoms with E-state index in [0.29, 0.717) is 12.0 Å². The number of aliphatic carboxylic acids is 3. The Kier molecular flexibility index (Phi) is 26.9. The number of alkyl carbamates (subject to hydrolysis) is 1. The smallest absolute Gasteiger partial charge is 0.408 e. The van der Waals surface area contributed by atoms with Crippen LogP contribution in [0.3, 0.4) is 0 Å². The second-order valence-corrected chi connectivity index (χ2v) is 15.5. The maximum absolute atomic E-state index is 15.2. The number of ketones is 2. The molecule has 18 heteroatoms. The van der Waals surface area contributed by atoms with Gasteiger partial charge in [0.1, 0.15) is 36.6 Å². The van der Waals surface area contributed by atoms with E-state index in [0.717, 1.165) is 32.1 Å². The summed E-state index contributed by atoms with van der Waals surface area (Å²) in [5.74, 6) is -10.6. The van der Waals surface area contributed by atoms with Gasteiger partial charge < -0.3 is 41.3 Å². The SMILES string of the molecule is CCCCCCCCCCCCCCC(=O)CC(F)C(=O)[C@H](CC(=O)O)NC(=O)[C@@H](NC(=O)[C@H](CCC(=O)O)NC(=O)[C@H](CC(=O)O)NC(=O)OCc1ccccc1)C(C)C. The van der Waals surface area contributed by atoms with E-state index in [1.165, 1.54) is 52.4 Å². The third kappa shape index (κ3) is 24.4. The van der Waals surface area contributed by atoms with E-state index in [1.54, 1.807) is 30.3 Å². The van der Waals surface area contributed by atoms with Crippen molar-refractivity contribution in [1.29, 1.82) is 0 Å². The molecule has 7 N–H and O–H groups in total. The van der Waals surface area contributed by atoms with Crippen molar-refractivity contribution in [3.63, 3.8) is 0 Å². The standard InChI is InChI=1S/C43H65FN4O13/c1-4-5-6-7-8-9-10-11-12-13-14-18-21-30(49)24-31(44)39(56)33(25-36(52)53)46-42(59)38(28(2)3)48-40(57)32(22-23-35(50)51)45-41(58)34(26-37(54)55)47-43(60)61-27-29-19-16-15-17-20-29/h15-17,19-20,28,31-34,38H,4-14,18,21-27H2,1-3H3,(H,45,58)(H,46,59)(H,47,60)(H,48,57)(H,50,51)(H,52,53)(H,54,55)/t31?,32-,33-,34-,38-/m0/s1. The molecule has 0 bridgehead atoms. The van der Waals surface area contributed by atoms with Gasteiger partial charge in [-0.3, -0.25) is 38.4 Å². The molecule has 1 aromatic carbocycles. The van der Waals surface area contributed by atoms with Crippen LogP contribution in [0.15, 0.2) is 30.3 Å². The summed E-state index contributed by atoms with van der Waals surface area (Å²) < 4.78 is 20.2. The molecule has 1 rings (SSSR count). The second-order valence-electron chi connectivity index (χ2n) is 15.5. The predicted octanol–water partition coefficient (Wildman–Crippen LogP) is 5.16. The maximum atomic E-state index is 15.2. The number of ether oxygens (including phenoxy) is 1. The van der Waals surface area contributed by atoms with Crippen LogP contribution in [0.4, 0.5) is 9.18 Å². The lowest BCUT2D eigenvalue weighted by molar-refractivity contribution is -0.142. The van der Waals surface area contributed by atoms with E-state index in [-0.39, 0.29) is 13.0 Å². The van der Waals surface area contributed by atoms with Gasteiger partial charge in [0.05, 0.1) is 12.8 Å². The number of carbonyl (C=O) groups is 9. The van der Waals surface area contributed by atoms with Gasteiger partial charge in [0.15, 0.2) is 12.0 Å². The maximum Gasteiger partial charge on any atom is 0.408 e. The van der Waals surface area contributed by atoms with Crippen LogP contribution in [0, 0.1) is 5.92 Å². The van der Waals surface area contributed by atoms with Crippen molar-refractivity contribution < 1.29 is 67.6 Å². The number of nitrogens with one attached hydrogen (secondary N) is 4. The molecule has 17 nitrogen and oxygen atoms in total. The molecule has 0 aromatic heterocycles. The van der Waals surface area contributed by atoms with Crippen LogP contribution < -0.4 is 21.3 Å². The topological polar surface area (TPSA) is 272 Å².